The van der Waals surface area contributed by atoms with Gasteiger partial charge < -0.3 is 5.11 Å². The Morgan fingerprint density at radius 3 is 2.63 bits per heavy atom. The third-order valence-electron chi connectivity index (χ3n) is 3.15. The van der Waals surface area contributed by atoms with Crippen LogP contribution >= 0.6 is 0 Å². The Labute approximate surface area is 115 Å². The van der Waals surface area contributed by atoms with Crippen LogP contribution in [0.1, 0.15) is 57.1 Å². The Balaban J connectivity index is 2.61. The largest absolute Gasteiger partial charge is 0.378 e. The summed E-state index contributed by atoms with van der Waals surface area (Å²) in [4.78, 5) is 0. The van der Waals surface area contributed by atoms with E-state index in [2.05, 4.69) is 18.8 Å². The number of hydrogen-bond acceptors (Lipinski definition) is 1. The fourth-order valence-corrected chi connectivity index (χ4v) is 1.89. The molecule has 0 radical (unpaired) electrons. The van der Waals surface area contributed by atoms with E-state index in [1.165, 1.54) is 18.9 Å². The molecule has 1 N–H and O–H groups in total. The average Bonchev–Trinajstić information content (AvgIpc) is 2.36. The molecule has 2 heteroatoms. The van der Waals surface area contributed by atoms with Gasteiger partial charge in [0.15, 0.2) is 0 Å². The van der Waals surface area contributed by atoms with Crippen molar-refractivity contribution in [2.24, 2.45) is 0 Å². The van der Waals surface area contributed by atoms with E-state index >= 15 is 0 Å². The van der Waals surface area contributed by atoms with Gasteiger partial charge in [-0.2, -0.15) is 0 Å². The van der Waals surface area contributed by atoms with E-state index in [1.54, 1.807) is 26.0 Å². The zero-order valence-corrected chi connectivity index (χ0v) is 12.1. The van der Waals surface area contributed by atoms with Crippen LogP contribution in [-0.4, -0.2) is 10.7 Å². The zero-order valence-electron chi connectivity index (χ0n) is 12.1. The van der Waals surface area contributed by atoms with Crippen LogP contribution in [0.25, 0.3) is 0 Å². The molecule has 1 nitrogen and oxygen atoms in total. The summed E-state index contributed by atoms with van der Waals surface area (Å²) < 4.78 is 13.1. The monoisotopic (exact) mass is 262 g/mol. The van der Waals surface area contributed by atoms with Gasteiger partial charge in [0, 0.05) is 5.56 Å². The predicted molar refractivity (Wildman–Crippen MR) is 77.4 cm³/mol. The maximum atomic E-state index is 13.1. The highest BCUT2D eigenvalue weighted by molar-refractivity contribution is 5.38. The Hall–Kier alpha value is -1.33. The summed E-state index contributed by atoms with van der Waals surface area (Å²) in [6.45, 7) is 5.61. The molecule has 1 rings (SSSR count). The van der Waals surface area contributed by atoms with Gasteiger partial charge in [-0.25, -0.2) is 4.39 Å². The molecule has 0 saturated heterocycles. The first-order valence-electron chi connectivity index (χ1n) is 6.96. The van der Waals surface area contributed by atoms with Crippen LogP contribution in [0.15, 0.2) is 18.2 Å². The van der Waals surface area contributed by atoms with Gasteiger partial charge in [-0.3, -0.25) is 0 Å². The maximum absolute atomic E-state index is 13.1. The maximum Gasteiger partial charge on any atom is 0.126 e. The number of hydrogen-bond donors (Lipinski definition) is 1. The second-order valence-electron chi connectivity index (χ2n) is 5.30. The number of rotatable bonds is 5. The van der Waals surface area contributed by atoms with Crippen LogP contribution in [0, 0.1) is 24.6 Å². The lowest BCUT2D eigenvalue weighted by Gasteiger charge is -2.15. The van der Waals surface area contributed by atoms with E-state index in [1.807, 2.05) is 0 Å². The first-order valence-corrected chi connectivity index (χ1v) is 6.96. The van der Waals surface area contributed by atoms with Gasteiger partial charge in [0.25, 0.3) is 0 Å². The second kappa shape index (κ2) is 7.31. The van der Waals surface area contributed by atoms with Crippen molar-refractivity contribution in [2.45, 2.75) is 58.5 Å². The summed E-state index contributed by atoms with van der Waals surface area (Å²) in [7, 11) is 0. The third kappa shape index (κ3) is 5.89. The summed E-state index contributed by atoms with van der Waals surface area (Å²) in [5.74, 6) is 5.58. The van der Waals surface area contributed by atoms with E-state index in [0.717, 1.165) is 18.4 Å². The van der Waals surface area contributed by atoms with Gasteiger partial charge in [-0.1, -0.05) is 38.0 Å². The van der Waals surface area contributed by atoms with Crippen LogP contribution in [0.3, 0.4) is 0 Å². The first kappa shape index (κ1) is 15.7. The van der Waals surface area contributed by atoms with Crippen molar-refractivity contribution < 1.29 is 9.50 Å². The minimum atomic E-state index is -0.962. The lowest BCUT2D eigenvalue weighted by molar-refractivity contribution is 0.109. The summed E-state index contributed by atoms with van der Waals surface area (Å²) in [5.41, 5.74) is 0.359. The molecule has 0 aliphatic heterocycles. The summed E-state index contributed by atoms with van der Waals surface area (Å²) in [6, 6.07) is 4.76. The molecule has 19 heavy (non-hydrogen) atoms. The van der Waals surface area contributed by atoms with Crippen LogP contribution in [0.2, 0.25) is 0 Å². The molecule has 1 unspecified atom stereocenters. The summed E-state index contributed by atoms with van der Waals surface area (Å²) in [6.07, 6.45) is 5.17. The SMILES string of the molecule is CCCCCCC(C)(O)C#Cc1ccc(F)c(C)c1. The molecule has 1 atom stereocenters. The number of aliphatic hydroxyl groups is 1. The lowest BCUT2D eigenvalue weighted by atomic mass is 9.98. The molecule has 0 bridgehead atoms. The van der Waals surface area contributed by atoms with Crippen molar-refractivity contribution in [3.63, 3.8) is 0 Å². The minimum Gasteiger partial charge on any atom is -0.378 e. The number of benzene rings is 1. The quantitative estimate of drug-likeness (QED) is 0.622. The van der Waals surface area contributed by atoms with Crippen LogP contribution in [-0.2, 0) is 0 Å². The van der Waals surface area contributed by atoms with Crippen LogP contribution in [0.5, 0.6) is 0 Å². The van der Waals surface area contributed by atoms with E-state index < -0.39 is 5.60 Å². The van der Waals surface area contributed by atoms with Crippen molar-refractivity contribution in [2.75, 3.05) is 0 Å². The first-order chi connectivity index (χ1) is 8.94. The number of unbranched alkanes of at least 4 members (excludes halogenated alkanes) is 3. The van der Waals surface area contributed by atoms with Gasteiger partial charge in [0.1, 0.15) is 11.4 Å². The minimum absolute atomic E-state index is 0.225. The smallest absolute Gasteiger partial charge is 0.126 e. The molecule has 1 aromatic carbocycles. The second-order valence-corrected chi connectivity index (χ2v) is 5.30. The zero-order chi connectivity index (χ0) is 14.3. The standard InChI is InChI=1S/C17H23FO/c1-4-5-6-7-11-17(3,19)12-10-15-8-9-16(18)14(2)13-15/h8-9,13,19H,4-7,11H2,1-3H3. The van der Waals surface area contributed by atoms with E-state index in [0.29, 0.717) is 12.0 Å². The van der Waals surface area contributed by atoms with E-state index in [4.69, 9.17) is 0 Å². The lowest BCUT2D eigenvalue weighted by Crippen LogP contribution is -2.21. The summed E-state index contributed by atoms with van der Waals surface area (Å²) in [5, 5.41) is 10.2. The van der Waals surface area contributed by atoms with Gasteiger partial charge >= 0.3 is 0 Å². The highest BCUT2D eigenvalue weighted by Gasteiger charge is 2.15. The fraction of sp³-hybridized carbons (Fsp3) is 0.529. The van der Waals surface area contributed by atoms with Gasteiger partial charge in [-0.05, 0) is 50.5 Å². The average molecular weight is 262 g/mol. The third-order valence-corrected chi connectivity index (χ3v) is 3.15. The molecule has 0 aliphatic carbocycles. The number of aryl methyl sites for hydroxylation is 1. The Kier molecular flexibility index (Phi) is 6.05. The molecular weight excluding hydrogens is 239 g/mol. The topological polar surface area (TPSA) is 20.2 Å². The van der Waals surface area contributed by atoms with Crippen molar-refractivity contribution in [3.05, 3.63) is 35.1 Å². The molecular formula is C17H23FO. The van der Waals surface area contributed by atoms with Crippen molar-refractivity contribution in [1.82, 2.24) is 0 Å². The number of halogens is 1. The van der Waals surface area contributed by atoms with Crippen molar-refractivity contribution >= 4 is 0 Å². The normalized spacial score (nSPS) is 13.5. The fourth-order valence-electron chi connectivity index (χ4n) is 1.89. The van der Waals surface area contributed by atoms with E-state index in [-0.39, 0.29) is 5.82 Å². The molecule has 0 aromatic heterocycles. The highest BCUT2D eigenvalue weighted by Crippen LogP contribution is 2.15. The van der Waals surface area contributed by atoms with Crippen molar-refractivity contribution in [1.29, 1.82) is 0 Å². The predicted octanol–water partition coefficient (Wildman–Crippen LogP) is 4.21. The molecule has 0 fully saturated rings. The molecule has 0 spiro atoms. The molecule has 0 saturated carbocycles. The summed E-state index contributed by atoms with van der Waals surface area (Å²) >= 11 is 0. The van der Waals surface area contributed by atoms with Gasteiger partial charge in [0.2, 0.25) is 0 Å². The Morgan fingerprint density at radius 1 is 1.26 bits per heavy atom. The Morgan fingerprint density at radius 2 is 2.00 bits per heavy atom. The van der Waals surface area contributed by atoms with Gasteiger partial charge in [0.05, 0.1) is 0 Å². The van der Waals surface area contributed by atoms with Crippen molar-refractivity contribution in [3.8, 4) is 11.8 Å². The molecule has 0 amide bonds. The molecule has 1 aromatic rings. The molecule has 0 heterocycles. The van der Waals surface area contributed by atoms with Crippen LogP contribution in [0.4, 0.5) is 4.39 Å². The van der Waals surface area contributed by atoms with E-state index in [9.17, 15) is 9.50 Å². The van der Waals surface area contributed by atoms with Crippen LogP contribution < -0.4 is 0 Å². The Bertz CT molecular complexity index is 466. The molecule has 0 aliphatic rings. The highest BCUT2D eigenvalue weighted by atomic mass is 19.1. The van der Waals surface area contributed by atoms with Gasteiger partial charge in [-0.15, -0.1) is 0 Å². The molecule has 104 valence electrons.